The Kier molecular flexibility index (Phi) is 10.9. The van der Waals surface area contributed by atoms with Crippen molar-refractivity contribution in [3.63, 3.8) is 0 Å². The maximum absolute atomic E-state index is 14.5. The zero-order chi connectivity index (χ0) is 33.6. The van der Waals surface area contributed by atoms with E-state index in [0.29, 0.717) is 24.5 Å². The van der Waals surface area contributed by atoms with Gasteiger partial charge >= 0.3 is 0 Å². The van der Waals surface area contributed by atoms with Crippen LogP contribution in [0, 0.1) is 5.82 Å². The molecule has 5 rings (SSSR count). The van der Waals surface area contributed by atoms with Crippen LogP contribution in [0.2, 0.25) is 10.0 Å². The molecule has 2 amide bonds. The molecule has 0 bridgehead atoms. The first kappa shape index (κ1) is 34.0. The summed E-state index contributed by atoms with van der Waals surface area (Å²) in [7, 11) is -4.46. The lowest BCUT2D eigenvalue weighted by Crippen LogP contribution is -2.53. The number of amides is 2. The predicted octanol–water partition coefficient (Wildman–Crippen LogP) is 5.88. The molecule has 0 aliphatic carbocycles. The molecule has 0 saturated heterocycles. The van der Waals surface area contributed by atoms with E-state index in [9.17, 15) is 22.4 Å². The number of rotatable bonds is 12. The molecule has 4 aromatic rings. The van der Waals surface area contributed by atoms with Crippen LogP contribution in [0.3, 0.4) is 0 Å². The molecule has 246 valence electrons. The van der Waals surface area contributed by atoms with Gasteiger partial charge in [-0.3, -0.25) is 13.9 Å². The van der Waals surface area contributed by atoms with Crippen LogP contribution in [-0.4, -0.2) is 57.5 Å². The molecule has 1 atom stereocenters. The average molecular weight is 701 g/mol. The fraction of sp³-hybridized carbons (Fsp3) is 0.235. The Labute approximate surface area is 282 Å². The normalized spacial score (nSPS) is 13.0. The van der Waals surface area contributed by atoms with Crippen LogP contribution in [0.4, 0.5) is 10.1 Å². The number of benzene rings is 4. The van der Waals surface area contributed by atoms with Gasteiger partial charge in [-0.05, 0) is 61.0 Å². The van der Waals surface area contributed by atoms with Gasteiger partial charge in [-0.1, -0.05) is 59.6 Å². The first-order valence-corrected chi connectivity index (χ1v) is 17.0. The van der Waals surface area contributed by atoms with Crippen molar-refractivity contribution in [2.45, 2.75) is 30.8 Å². The molecule has 0 saturated carbocycles. The summed E-state index contributed by atoms with van der Waals surface area (Å²) in [5, 5.41) is 3.33. The number of nitrogens with one attached hydrogen (secondary N) is 1. The van der Waals surface area contributed by atoms with Gasteiger partial charge in [-0.25, -0.2) is 12.8 Å². The highest BCUT2D eigenvalue weighted by Crippen LogP contribution is 2.35. The van der Waals surface area contributed by atoms with E-state index in [1.807, 2.05) is 30.3 Å². The van der Waals surface area contributed by atoms with E-state index in [4.69, 9.17) is 32.7 Å². The highest BCUT2D eigenvalue weighted by Gasteiger charge is 2.35. The van der Waals surface area contributed by atoms with Crippen LogP contribution in [0.15, 0.2) is 95.9 Å². The van der Waals surface area contributed by atoms with Gasteiger partial charge in [0.2, 0.25) is 11.8 Å². The molecule has 0 aromatic heterocycles. The molecular weight excluding hydrogens is 668 g/mol. The van der Waals surface area contributed by atoms with Crippen molar-refractivity contribution >= 4 is 50.7 Å². The molecule has 13 heteroatoms. The van der Waals surface area contributed by atoms with Crippen molar-refractivity contribution in [2.24, 2.45) is 0 Å². The summed E-state index contributed by atoms with van der Waals surface area (Å²) in [6.07, 6.45) is 0.117. The monoisotopic (exact) mass is 699 g/mol. The van der Waals surface area contributed by atoms with Gasteiger partial charge < -0.3 is 19.7 Å². The molecular formula is C34H32Cl2FN3O6S. The number of likely N-dealkylation sites (N-methyl/N-ethyl adjacent to an activating group) is 1. The van der Waals surface area contributed by atoms with Gasteiger partial charge in [0, 0.05) is 41.2 Å². The van der Waals surface area contributed by atoms with E-state index in [-0.39, 0.29) is 46.0 Å². The smallest absolute Gasteiger partial charge is 0.264 e. The van der Waals surface area contributed by atoms with Crippen LogP contribution in [0.1, 0.15) is 18.1 Å². The van der Waals surface area contributed by atoms with Crippen LogP contribution in [0.5, 0.6) is 11.5 Å². The minimum absolute atomic E-state index is 0.0305. The molecule has 0 fully saturated rings. The number of fused-ring (bicyclic) bond motifs is 1. The number of sulfonamides is 1. The third-order valence-corrected chi connectivity index (χ3v) is 9.99. The topological polar surface area (TPSA) is 105 Å². The zero-order valence-corrected chi connectivity index (χ0v) is 27.7. The van der Waals surface area contributed by atoms with E-state index < -0.39 is 40.2 Å². The Morgan fingerprint density at radius 3 is 2.21 bits per heavy atom. The quantitative estimate of drug-likeness (QED) is 0.198. The lowest BCUT2D eigenvalue weighted by Gasteiger charge is -2.34. The van der Waals surface area contributed by atoms with E-state index in [0.717, 1.165) is 22.0 Å². The third kappa shape index (κ3) is 7.98. The van der Waals surface area contributed by atoms with E-state index >= 15 is 0 Å². The first-order valence-electron chi connectivity index (χ1n) is 14.8. The van der Waals surface area contributed by atoms with Crippen LogP contribution in [0.25, 0.3) is 0 Å². The van der Waals surface area contributed by atoms with E-state index in [1.54, 1.807) is 25.1 Å². The standard InChI is InChI=1S/C34H32Cl2FN3O6S/c1-2-38-34(42)30(19-23-7-4-3-5-8-23)39(21-27-28(35)9-6-10-29(27)36)33(41)22-40(25-13-11-24(37)12-14-25)47(43,44)26-15-16-31-32(20-26)46-18-17-45-31/h3-16,20,30H,2,17-19,21-22H2,1H3,(H,38,42)/t30-/m1/s1. The van der Waals surface area contributed by atoms with Gasteiger partial charge in [0.15, 0.2) is 11.5 Å². The summed E-state index contributed by atoms with van der Waals surface area (Å²) in [5.74, 6) is -1.15. The number of carbonyl (C=O) groups is 2. The summed E-state index contributed by atoms with van der Waals surface area (Å²) >= 11 is 13.0. The Balaban J connectivity index is 1.59. The number of hydrogen-bond donors (Lipinski definition) is 1. The second-order valence-electron chi connectivity index (χ2n) is 10.6. The second kappa shape index (κ2) is 15.1. The van der Waals surface area contributed by atoms with Crippen molar-refractivity contribution < 1.29 is 31.9 Å². The van der Waals surface area contributed by atoms with Crippen molar-refractivity contribution in [1.82, 2.24) is 10.2 Å². The number of carbonyl (C=O) groups excluding carboxylic acids is 2. The maximum Gasteiger partial charge on any atom is 0.264 e. The number of anilines is 1. The van der Waals surface area contributed by atoms with Gasteiger partial charge in [-0.2, -0.15) is 0 Å². The average Bonchev–Trinajstić information content (AvgIpc) is 3.07. The Bertz CT molecular complexity index is 1820. The number of hydrogen-bond acceptors (Lipinski definition) is 6. The highest BCUT2D eigenvalue weighted by molar-refractivity contribution is 7.92. The predicted molar refractivity (Wildman–Crippen MR) is 178 cm³/mol. The summed E-state index contributed by atoms with van der Waals surface area (Å²) in [4.78, 5) is 29.2. The molecule has 0 unspecified atom stereocenters. The Morgan fingerprint density at radius 2 is 1.55 bits per heavy atom. The number of ether oxygens (including phenoxy) is 2. The van der Waals surface area contributed by atoms with Crippen molar-refractivity contribution in [3.05, 3.63) is 118 Å². The minimum atomic E-state index is -4.46. The molecule has 0 spiro atoms. The molecule has 47 heavy (non-hydrogen) atoms. The zero-order valence-electron chi connectivity index (χ0n) is 25.4. The van der Waals surface area contributed by atoms with Crippen molar-refractivity contribution in [2.75, 3.05) is 30.6 Å². The van der Waals surface area contributed by atoms with Crippen LogP contribution >= 0.6 is 23.2 Å². The molecule has 9 nitrogen and oxygen atoms in total. The van der Waals surface area contributed by atoms with Gasteiger partial charge in [-0.15, -0.1) is 0 Å². The SMILES string of the molecule is CCNC(=O)[C@@H](Cc1ccccc1)N(Cc1c(Cl)cccc1Cl)C(=O)CN(c1ccc(F)cc1)S(=O)(=O)c1ccc2c(c1)OCCO2. The summed E-state index contributed by atoms with van der Waals surface area (Å²) in [5.41, 5.74) is 1.18. The summed E-state index contributed by atoms with van der Waals surface area (Å²) in [6, 6.07) is 21.8. The fourth-order valence-corrected chi connectivity index (χ4v) is 7.09. The van der Waals surface area contributed by atoms with Crippen LogP contribution in [-0.2, 0) is 32.6 Å². The van der Waals surface area contributed by atoms with E-state index in [1.165, 1.54) is 35.2 Å². The van der Waals surface area contributed by atoms with E-state index in [2.05, 4.69) is 5.32 Å². The Morgan fingerprint density at radius 1 is 0.894 bits per heavy atom. The Hall–Kier alpha value is -4.32. The van der Waals surface area contributed by atoms with Gasteiger partial charge in [0.25, 0.3) is 10.0 Å². The van der Waals surface area contributed by atoms with Gasteiger partial charge in [0.05, 0.1) is 10.6 Å². The first-order chi connectivity index (χ1) is 22.6. The lowest BCUT2D eigenvalue weighted by atomic mass is 10.0. The largest absolute Gasteiger partial charge is 0.486 e. The summed E-state index contributed by atoms with van der Waals surface area (Å²) < 4.78 is 54.6. The molecule has 1 aliphatic rings. The molecule has 0 radical (unpaired) electrons. The number of halogens is 3. The molecule has 1 aliphatic heterocycles. The number of nitrogens with zero attached hydrogens (tertiary/aromatic N) is 2. The maximum atomic E-state index is 14.5. The second-order valence-corrected chi connectivity index (χ2v) is 13.3. The van der Waals surface area contributed by atoms with Crippen LogP contribution < -0.4 is 19.1 Å². The highest BCUT2D eigenvalue weighted by atomic mass is 35.5. The van der Waals surface area contributed by atoms with Crippen molar-refractivity contribution in [1.29, 1.82) is 0 Å². The lowest BCUT2D eigenvalue weighted by molar-refractivity contribution is -0.140. The summed E-state index contributed by atoms with van der Waals surface area (Å²) in [6.45, 7) is 1.65. The molecule has 4 aromatic carbocycles. The molecule has 1 N–H and O–H groups in total. The third-order valence-electron chi connectivity index (χ3n) is 7.51. The van der Waals surface area contributed by atoms with Crippen molar-refractivity contribution in [3.8, 4) is 11.5 Å². The fourth-order valence-electron chi connectivity index (χ4n) is 5.15. The molecule has 1 heterocycles. The minimum Gasteiger partial charge on any atom is -0.486 e. The van der Waals surface area contributed by atoms with Gasteiger partial charge in [0.1, 0.15) is 31.6 Å².